The topological polar surface area (TPSA) is 4.44 Å². The van der Waals surface area contributed by atoms with Crippen LogP contribution in [0.2, 0.25) is 0 Å². The van der Waals surface area contributed by atoms with Crippen LogP contribution in [-0.2, 0) is 6.18 Å². The van der Waals surface area contributed by atoms with Crippen molar-refractivity contribution < 1.29 is 83.9 Å². The average molecular weight is 779 g/mol. The van der Waals surface area contributed by atoms with Gasteiger partial charge in [-0.25, -0.2) is 65.9 Å². The zero-order valence-electron chi connectivity index (χ0n) is 26.1. The van der Waals surface area contributed by atoms with Crippen molar-refractivity contribution in [3.8, 4) is 0 Å². The Morgan fingerprint density at radius 2 is 0.642 bits per heavy atom. The van der Waals surface area contributed by atoms with Crippen molar-refractivity contribution in [2.75, 3.05) is 14.1 Å². The standard InChI is InChI=1S/C25H4BF18.C8H11N/c27-10-7(11(28)17(34)22(39)16(10)33)26(6-3-1-5(2-4-6)25(42,43)44,8-12(29)18(35)23(40)19(36)13(8)30)9-14(31)20(37)24(41)21(38)15(9)32;1-9(2)8-6-4-3-5-7-8/h1-4H;3-7H,1-2H3/q-1;/p+1. The van der Waals surface area contributed by atoms with Crippen molar-refractivity contribution in [2.45, 2.75) is 6.18 Å². The summed E-state index contributed by atoms with van der Waals surface area (Å²) in [7, 11) is 4.24. The van der Waals surface area contributed by atoms with Crippen LogP contribution in [0.1, 0.15) is 5.56 Å². The Balaban J connectivity index is 0.000000608. The maximum absolute atomic E-state index is 15.4. The number of hydrogen-bond acceptors (Lipinski definition) is 0. The molecule has 0 aliphatic heterocycles. The number of halogens is 18. The van der Waals surface area contributed by atoms with Crippen LogP contribution in [0.25, 0.3) is 0 Å². The van der Waals surface area contributed by atoms with Crippen molar-refractivity contribution >= 4 is 33.7 Å². The van der Waals surface area contributed by atoms with Crippen LogP contribution in [0.15, 0.2) is 54.6 Å². The summed E-state index contributed by atoms with van der Waals surface area (Å²) in [6.07, 6.45) is -11.5. The molecule has 1 nitrogen and oxygen atoms in total. The molecule has 0 fully saturated rings. The van der Waals surface area contributed by atoms with E-state index in [1.807, 2.05) is 6.07 Å². The Morgan fingerprint density at radius 1 is 0.377 bits per heavy atom. The zero-order valence-corrected chi connectivity index (χ0v) is 26.1. The van der Waals surface area contributed by atoms with Crippen LogP contribution >= 0.6 is 0 Å². The summed E-state index contributed by atoms with van der Waals surface area (Å²) < 4.78 is 261. The third-order valence-corrected chi connectivity index (χ3v) is 8.12. The van der Waals surface area contributed by atoms with Gasteiger partial charge >= 0.3 is 6.18 Å². The molecule has 0 unspecified atom stereocenters. The van der Waals surface area contributed by atoms with Gasteiger partial charge in [-0.1, -0.05) is 42.5 Å². The van der Waals surface area contributed by atoms with Gasteiger partial charge in [0, 0.05) is 0 Å². The maximum Gasteiger partial charge on any atom is 0.416 e. The molecule has 0 radical (unpaired) electrons. The lowest BCUT2D eigenvalue weighted by molar-refractivity contribution is -0.786. The third-order valence-electron chi connectivity index (χ3n) is 8.12. The number of alkyl halides is 3. The van der Waals surface area contributed by atoms with E-state index in [2.05, 4.69) is 38.4 Å². The van der Waals surface area contributed by atoms with Crippen molar-refractivity contribution in [3.05, 3.63) is 147 Å². The number of quaternary nitrogens is 1. The van der Waals surface area contributed by atoms with E-state index in [9.17, 15) is 52.7 Å². The summed E-state index contributed by atoms with van der Waals surface area (Å²) in [4.78, 5) is 1.37. The molecule has 0 saturated carbocycles. The lowest BCUT2D eigenvalue weighted by atomic mass is 9.12. The summed E-state index contributed by atoms with van der Waals surface area (Å²) in [5.74, 6) is -48.3. The molecule has 0 amide bonds. The summed E-state index contributed by atoms with van der Waals surface area (Å²) in [5.41, 5.74) is -11.2. The normalized spacial score (nSPS) is 11.9. The van der Waals surface area contributed by atoms with E-state index < -0.39 is 127 Å². The minimum atomic E-state index is -6.14. The lowest BCUT2D eigenvalue weighted by Crippen LogP contribution is -3.00. The molecular weight excluding hydrogens is 763 g/mol. The number of nitrogens with one attached hydrogen (secondary N) is 1. The zero-order chi connectivity index (χ0) is 40.1. The Kier molecular flexibility index (Phi) is 11.3. The molecule has 20 heteroatoms. The first kappa shape index (κ1) is 40.6. The molecule has 0 aliphatic carbocycles. The van der Waals surface area contributed by atoms with Crippen molar-refractivity contribution in [1.29, 1.82) is 0 Å². The molecule has 0 atom stereocenters. The largest absolute Gasteiger partial charge is 0.416 e. The average Bonchev–Trinajstić information content (AvgIpc) is 3.13. The predicted molar refractivity (Wildman–Crippen MR) is 153 cm³/mol. The fourth-order valence-electron chi connectivity index (χ4n) is 5.67. The molecule has 0 aliphatic rings. The van der Waals surface area contributed by atoms with Crippen molar-refractivity contribution in [1.82, 2.24) is 0 Å². The number of rotatable bonds is 5. The van der Waals surface area contributed by atoms with Crippen molar-refractivity contribution in [3.63, 3.8) is 0 Å². The Hall–Kier alpha value is -5.14. The van der Waals surface area contributed by atoms with Crippen LogP contribution in [0, 0.1) is 87.3 Å². The first-order valence-corrected chi connectivity index (χ1v) is 14.3. The van der Waals surface area contributed by atoms with Crippen LogP contribution in [0.3, 0.4) is 0 Å². The maximum atomic E-state index is 15.4. The van der Waals surface area contributed by atoms with Crippen molar-refractivity contribution in [2.24, 2.45) is 0 Å². The number of para-hydroxylation sites is 1. The summed E-state index contributed by atoms with van der Waals surface area (Å²) in [6, 6.07) is 9.46. The van der Waals surface area contributed by atoms with Gasteiger partial charge in [-0.15, -0.1) is 16.4 Å². The SMILES string of the molecule is C[NH+](C)c1ccccc1.Fc1c(F)c(F)c([B-](c2ccc(C(F)(F)F)cc2)(c2c(F)c(F)c(F)c(F)c2F)c2c(F)c(F)c(F)c(F)c2F)c(F)c1F. The third kappa shape index (κ3) is 6.68. The van der Waals surface area contributed by atoms with Gasteiger partial charge in [0.1, 0.15) is 46.7 Å². The first-order chi connectivity index (χ1) is 24.5. The van der Waals surface area contributed by atoms with Gasteiger partial charge in [0.05, 0.1) is 19.7 Å². The smallest absolute Gasteiger partial charge is 0.307 e. The van der Waals surface area contributed by atoms with E-state index in [0.717, 1.165) is 0 Å². The van der Waals surface area contributed by atoms with Crippen LogP contribution in [0.5, 0.6) is 0 Å². The second-order valence-electron chi connectivity index (χ2n) is 11.3. The monoisotopic (exact) mass is 779 g/mol. The lowest BCUT2D eigenvalue weighted by Gasteiger charge is -2.44. The first-order valence-electron chi connectivity index (χ1n) is 14.3. The molecule has 5 rings (SSSR count). The quantitative estimate of drug-likeness (QED) is 0.0886. The summed E-state index contributed by atoms with van der Waals surface area (Å²) in [5, 5.41) is 0. The van der Waals surface area contributed by atoms with E-state index in [1.54, 1.807) is 0 Å². The van der Waals surface area contributed by atoms with E-state index in [-0.39, 0.29) is 24.3 Å². The van der Waals surface area contributed by atoms with Gasteiger partial charge in [0.15, 0.2) is 52.4 Å². The van der Waals surface area contributed by atoms with Gasteiger partial charge in [0.2, 0.25) is 0 Å². The molecule has 1 N–H and O–H groups in total. The van der Waals surface area contributed by atoms with E-state index in [4.69, 9.17) is 0 Å². The van der Waals surface area contributed by atoms with Crippen LogP contribution in [0.4, 0.5) is 84.7 Å². The van der Waals surface area contributed by atoms with Crippen LogP contribution < -0.4 is 26.8 Å². The molecule has 0 heterocycles. The molecule has 5 aromatic carbocycles. The number of hydrogen-bond donors (Lipinski definition) is 1. The minimum absolute atomic E-state index is 0.226. The van der Waals surface area contributed by atoms with E-state index in [0.29, 0.717) is 0 Å². The molecule has 5 aromatic rings. The van der Waals surface area contributed by atoms with Gasteiger partial charge < -0.3 is 4.90 Å². The van der Waals surface area contributed by atoms with E-state index >= 15 is 26.3 Å². The molecule has 0 aromatic heterocycles. The Morgan fingerprint density at radius 3 is 0.868 bits per heavy atom. The molecule has 53 heavy (non-hydrogen) atoms. The molecule has 0 bridgehead atoms. The highest BCUT2D eigenvalue weighted by Crippen LogP contribution is 2.31. The summed E-state index contributed by atoms with van der Waals surface area (Å²) >= 11 is 0. The predicted octanol–water partition coefficient (Wildman–Crippen LogP) is 6.63. The Labute approximate surface area is 285 Å². The highest BCUT2D eigenvalue weighted by Gasteiger charge is 2.49. The van der Waals surface area contributed by atoms with Gasteiger partial charge in [-0.05, 0) is 12.1 Å². The van der Waals surface area contributed by atoms with E-state index in [1.165, 1.54) is 10.6 Å². The molecule has 0 saturated heterocycles. The molecule has 0 spiro atoms. The highest BCUT2D eigenvalue weighted by atomic mass is 19.4. The van der Waals surface area contributed by atoms with Crippen LogP contribution in [-0.4, -0.2) is 20.2 Å². The fraction of sp³-hybridized carbons (Fsp3) is 0.0909. The summed E-state index contributed by atoms with van der Waals surface area (Å²) in [6.45, 7) is 0. The number of benzene rings is 5. The van der Waals surface area contributed by atoms with Gasteiger partial charge in [0.25, 0.3) is 0 Å². The second kappa shape index (κ2) is 14.7. The molecular formula is C33H16BF18N. The van der Waals surface area contributed by atoms with Gasteiger partial charge in [-0.2, -0.15) is 18.6 Å². The molecule has 282 valence electrons. The highest BCUT2D eigenvalue weighted by molar-refractivity contribution is 7.20. The second-order valence-corrected chi connectivity index (χ2v) is 11.3. The Bertz CT molecular complexity index is 1950. The fourth-order valence-corrected chi connectivity index (χ4v) is 5.67. The van der Waals surface area contributed by atoms with Gasteiger partial charge in [-0.3, -0.25) is 0 Å². The minimum Gasteiger partial charge on any atom is -0.307 e.